The third-order valence-corrected chi connectivity index (χ3v) is 3.07. The van der Waals surface area contributed by atoms with E-state index in [0.29, 0.717) is 13.0 Å². The maximum atomic E-state index is 11.3. The fourth-order valence-corrected chi connectivity index (χ4v) is 1.87. The molecule has 3 N–H and O–H groups in total. The van der Waals surface area contributed by atoms with E-state index in [1.54, 1.807) is 0 Å². The highest BCUT2D eigenvalue weighted by Crippen LogP contribution is 2.14. The molecule has 0 bridgehead atoms. The van der Waals surface area contributed by atoms with E-state index in [2.05, 4.69) is 0 Å². The molecule has 21 heavy (non-hydrogen) atoms. The van der Waals surface area contributed by atoms with Gasteiger partial charge in [-0.1, -0.05) is 42.5 Å². The van der Waals surface area contributed by atoms with Gasteiger partial charge in [0.05, 0.1) is 12.3 Å². The van der Waals surface area contributed by atoms with Gasteiger partial charge in [-0.25, -0.2) is 0 Å². The summed E-state index contributed by atoms with van der Waals surface area (Å²) in [7, 11) is 0. The molecule has 0 heterocycles. The molecule has 0 aromatic heterocycles. The van der Waals surface area contributed by atoms with Crippen LogP contribution in [0.25, 0.3) is 0 Å². The Morgan fingerprint density at radius 1 is 1.00 bits per heavy atom. The summed E-state index contributed by atoms with van der Waals surface area (Å²) in [4.78, 5) is 11.3. The fourth-order valence-electron chi connectivity index (χ4n) is 1.87. The zero-order valence-corrected chi connectivity index (χ0v) is 11.7. The quantitative estimate of drug-likeness (QED) is 0.765. The van der Waals surface area contributed by atoms with Crippen molar-refractivity contribution in [2.24, 2.45) is 5.73 Å². The van der Waals surface area contributed by atoms with Crippen LogP contribution < -0.4 is 10.5 Å². The van der Waals surface area contributed by atoms with Crippen molar-refractivity contribution >= 4 is 11.5 Å². The second-order valence-corrected chi connectivity index (χ2v) is 4.70. The van der Waals surface area contributed by atoms with Crippen molar-refractivity contribution in [3.63, 3.8) is 0 Å². The standard InChI is InChI=1S/C17H18N2O2/c18-11-17(20)16(19)10-13-6-8-15(9-7-13)21-12-14-4-2-1-3-5-14/h1-9,19H,10-12,18H2. The van der Waals surface area contributed by atoms with E-state index in [0.717, 1.165) is 16.9 Å². The number of rotatable bonds is 7. The number of Topliss-reactive ketones (excluding diaryl/α,β-unsaturated/α-hetero) is 1. The number of benzene rings is 2. The third-order valence-electron chi connectivity index (χ3n) is 3.07. The van der Waals surface area contributed by atoms with E-state index in [9.17, 15) is 4.79 Å². The number of carbonyl (C=O) groups excluding carboxylic acids is 1. The molecule has 4 nitrogen and oxygen atoms in total. The Morgan fingerprint density at radius 2 is 1.67 bits per heavy atom. The fraction of sp³-hybridized carbons (Fsp3) is 0.176. The molecule has 0 unspecified atom stereocenters. The molecule has 0 amide bonds. The van der Waals surface area contributed by atoms with Gasteiger partial charge in [0.2, 0.25) is 0 Å². The second kappa shape index (κ2) is 7.36. The number of hydrogen-bond acceptors (Lipinski definition) is 4. The first kappa shape index (κ1) is 14.9. The highest BCUT2D eigenvalue weighted by atomic mass is 16.5. The molecule has 0 spiro atoms. The van der Waals surface area contributed by atoms with Gasteiger partial charge in [0, 0.05) is 6.42 Å². The van der Waals surface area contributed by atoms with Crippen molar-refractivity contribution in [3.05, 3.63) is 65.7 Å². The minimum atomic E-state index is -0.320. The lowest BCUT2D eigenvalue weighted by atomic mass is 10.1. The van der Waals surface area contributed by atoms with Gasteiger partial charge < -0.3 is 15.9 Å². The molecule has 0 atom stereocenters. The zero-order chi connectivity index (χ0) is 15.1. The van der Waals surface area contributed by atoms with Gasteiger partial charge in [0.25, 0.3) is 0 Å². The SMILES string of the molecule is N=C(Cc1ccc(OCc2ccccc2)cc1)C(=O)CN. The second-order valence-electron chi connectivity index (χ2n) is 4.70. The van der Waals surface area contributed by atoms with Crippen LogP contribution in [0.15, 0.2) is 54.6 Å². The van der Waals surface area contributed by atoms with Crippen LogP contribution in [0.5, 0.6) is 5.75 Å². The third kappa shape index (κ3) is 4.54. The molecule has 2 rings (SSSR count). The number of hydrogen-bond donors (Lipinski definition) is 2. The predicted molar refractivity (Wildman–Crippen MR) is 82.7 cm³/mol. The van der Waals surface area contributed by atoms with Crippen LogP contribution in [0.4, 0.5) is 0 Å². The van der Waals surface area contributed by atoms with Crippen molar-refractivity contribution in [3.8, 4) is 5.75 Å². The molecular weight excluding hydrogens is 264 g/mol. The minimum absolute atomic E-state index is 0.0375. The molecule has 0 saturated heterocycles. The summed E-state index contributed by atoms with van der Waals surface area (Å²) in [6.07, 6.45) is 0.301. The Labute approximate surface area is 124 Å². The number of nitrogens with one attached hydrogen (secondary N) is 1. The first-order valence-corrected chi connectivity index (χ1v) is 6.75. The average molecular weight is 282 g/mol. The lowest BCUT2D eigenvalue weighted by molar-refractivity contribution is -0.111. The summed E-state index contributed by atoms with van der Waals surface area (Å²) in [5.41, 5.74) is 7.28. The molecular formula is C17H18N2O2. The summed E-state index contributed by atoms with van der Waals surface area (Å²) in [5, 5.41) is 7.62. The average Bonchev–Trinajstić information content (AvgIpc) is 2.54. The van der Waals surface area contributed by atoms with Crippen LogP contribution in [0.1, 0.15) is 11.1 Å². The highest BCUT2D eigenvalue weighted by molar-refractivity contribution is 6.39. The van der Waals surface area contributed by atoms with Crippen LogP contribution in [-0.4, -0.2) is 18.0 Å². The highest BCUT2D eigenvalue weighted by Gasteiger charge is 2.08. The summed E-state index contributed by atoms with van der Waals surface area (Å²) in [6, 6.07) is 17.3. The summed E-state index contributed by atoms with van der Waals surface area (Å²) < 4.78 is 5.68. The number of nitrogens with two attached hydrogens (primary N) is 1. The maximum Gasteiger partial charge on any atom is 0.190 e. The van der Waals surface area contributed by atoms with Crippen molar-refractivity contribution in [2.45, 2.75) is 13.0 Å². The van der Waals surface area contributed by atoms with E-state index in [4.69, 9.17) is 15.9 Å². The van der Waals surface area contributed by atoms with Gasteiger partial charge in [-0.2, -0.15) is 0 Å². The first-order valence-electron chi connectivity index (χ1n) is 6.75. The Balaban J connectivity index is 1.90. The van der Waals surface area contributed by atoms with Crippen molar-refractivity contribution in [2.75, 3.05) is 6.54 Å². The van der Waals surface area contributed by atoms with Crippen molar-refractivity contribution in [1.82, 2.24) is 0 Å². The van der Waals surface area contributed by atoms with E-state index in [1.807, 2.05) is 54.6 Å². The van der Waals surface area contributed by atoms with Crippen LogP contribution in [0.3, 0.4) is 0 Å². The Morgan fingerprint density at radius 3 is 2.29 bits per heavy atom. The van der Waals surface area contributed by atoms with Gasteiger partial charge in [-0.3, -0.25) is 4.79 Å². The van der Waals surface area contributed by atoms with Gasteiger partial charge in [-0.15, -0.1) is 0 Å². The molecule has 0 aliphatic heterocycles. The molecule has 0 radical (unpaired) electrons. The smallest absolute Gasteiger partial charge is 0.190 e. The topological polar surface area (TPSA) is 76.2 Å². The first-order chi connectivity index (χ1) is 10.2. The Kier molecular flexibility index (Phi) is 5.23. The molecule has 0 fully saturated rings. The minimum Gasteiger partial charge on any atom is -0.489 e. The van der Waals surface area contributed by atoms with E-state index in [1.165, 1.54) is 0 Å². The molecule has 0 aliphatic carbocycles. The maximum absolute atomic E-state index is 11.3. The number of ketones is 1. The van der Waals surface area contributed by atoms with Gasteiger partial charge in [0.1, 0.15) is 12.4 Å². The lowest BCUT2D eigenvalue weighted by Gasteiger charge is -2.07. The van der Waals surface area contributed by atoms with Crippen LogP contribution in [-0.2, 0) is 17.8 Å². The zero-order valence-electron chi connectivity index (χ0n) is 11.7. The van der Waals surface area contributed by atoms with E-state index >= 15 is 0 Å². The molecule has 4 heteroatoms. The summed E-state index contributed by atoms with van der Waals surface area (Å²) in [6.45, 7) is 0.402. The molecule has 2 aromatic carbocycles. The normalized spacial score (nSPS) is 10.1. The van der Waals surface area contributed by atoms with Crippen LogP contribution in [0, 0.1) is 5.41 Å². The van der Waals surface area contributed by atoms with Crippen LogP contribution >= 0.6 is 0 Å². The van der Waals surface area contributed by atoms with Crippen molar-refractivity contribution in [1.29, 1.82) is 5.41 Å². The molecule has 0 saturated carbocycles. The Hall–Kier alpha value is -2.46. The Bertz CT molecular complexity index is 606. The summed E-state index contributed by atoms with van der Waals surface area (Å²) >= 11 is 0. The lowest BCUT2D eigenvalue weighted by Crippen LogP contribution is -2.24. The number of ether oxygens (including phenoxy) is 1. The van der Waals surface area contributed by atoms with Gasteiger partial charge in [0.15, 0.2) is 5.78 Å². The van der Waals surface area contributed by atoms with Gasteiger partial charge in [-0.05, 0) is 23.3 Å². The monoisotopic (exact) mass is 282 g/mol. The number of carbonyl (C=O) groups is 1. The largest absolute Gasteiger partial charge is 0.489 e. The van der Waals surface area contributed by atoms with E-state index < -0.39 is 0 Å². The molecule has 0 aliphatic rings. The van der Waals surface area contributed by atoms with E-state index in [-0.39, 0.29) is 18.0 Å². The van der Waals surface area contributed by atoms with Gasteiger partial charge >= 0.3 is 0 Å². The van der Waals surface area contributed by atoms with Crippen LogP contribution in [0.2, 0.25) is 0 Å². The molecule has 108 valence electrons. The summed E-state index contributed by atoms with van der Waals surface area (Å²) in [5.74, 6) is 0.443. The predicted octanol–water partition coefficient (Wildman–Crippen LogP) is 2.36. The van der Waals surface area contributed by atoms with Crippen molar-refractivity contribution < 1.29 is 9.53 Å². The molecule has 2 aromatic rings.